The number of aryl methyl sites for hydroxylation is 1. The zero-order chi connectivity index (χ0) is 14.9. The first-order valence-electron chi connectivity index (χ1n) is 7.30. The Hall–Kier alpha value is -1.61. The zero-order valence-electron chi connectivity index (χ0n) is 12.4. The highest BCUT2D eigenvalue weighted by molar-refractivity contribution is 6.30. The van der Waals surface area contributed by atoms with Gasteiger partial charge in [-0.1, -0.05) is 25.4 Å². The fraction of sp³-hybridized carbons (Fsp3) is 0.412. The molecule has 2 aliphatic rings. The highest BCUT2D eigenvalue weighted by Gasteiger charge is 2.64. The third-order valence-corrected chi connectivity index (χ3v) is 5.52. The molecule has 1 saturated carbocycles. The fourth-order valence-corrected chi connectivity index (χ4v) is 4.10. The third kappa shape index (κ3) is 1.67. The molecule has 1 aromatic heterocycles. The maximum atomic E-state index is 12.7. The molecule has 3 nitrogen and oxygen atoms in total. The van der Waals surface area contributed by atoms with Gasteiger partial charge in [0.2, 0.25) is 0 Å². The van der Waals surface area contributed by atoms with E-state index in [1.807, 2.05) is 6.92 Å². The van der Waals surface area contributed by atoms with Crippen LogP contribution >= 0.6 is 11.6 Å². The van der Waals surface area contributed by atoms with Crippen molar-refractivity contribution in [3.8, 4) is 0 Å². The normalized spacial score (nSPS) is 24.6. The lowest BCUT2D eigenvalue weighted by molar-refractivity contribution is 0.0941. The van der Waals surface area contributed by atoms with Gasteiger partial charge in [0.05, 0.1) is 11.4 Å². The first-order chi connectivity index (χ1) is 9.91. The Morgan fingerprint density at radius 2 is 2.00 bits per heavy atom. The number of halogens is 1. The van der Waals surface area contributed by atoms with Gasteiger partial charge in [-0.2, -0.15) is 5.10 Å². The molecule has 0 bridgehead atoms. The van der Waals surface area contributed by atoms with Crippen LogP contribution in [0, 0.1) is 18.3 Å². The number of hydrogen-bond donors (Lipinski definition) is 0. The van der Waals surface area contributed by atoms with E-state index >= 15 is 0 Å². The lowest BCUT2D eigenvalue weighted by atomic mass is 9.98. The van der Waals surface area contributed by atoms with Gasteiger partial charge in [-0.25, -0.2) is 4.68 Å². The van der Waals surface area contributed by atoms with Gasteiger partial charge in [-0.15, -0.1) is 0 Å². The molecule has 2 aromatic rings. The Bertz CT molecular complexity index is 758. The highest BCUT2D eigenvalue weighted by Crippen LogP contribution is 2.70. The first kappa shape index (κ1) is 13.1. The van der Waals surface area contributed by atoms with Crippen LogP contribution < -0.4 is 0 Å². The maximum Gasteiger partial charge on any atom is 0.278 e. The number of nitrogens with zero attached hydrogens (tertiary/aromatic N) is 2. The Morgan fingerprint density at radius 1 is 1.33 bits per heavy atom. The van der Waals surface area contributed by atoms with E-state index in [0.29, 0.717) is 27.8 Å². The van der Waals surface area contributed by atoms with Crippen molar-refractivity contribution in [1.29, 1.82) is 0 Å². The van der Waals surface area contributed by atoms with Crippen molar-refractivity contribution in [1.82, 2.24) is 9.78 Å². The second-order valence-electron chi connectivity index (χ2n) is 6.78. The monoisotopic (exact) mass is 300 g/mol. The summed E-state index contributed by atoms with van der Waals surface area (Å²) in [4.78, 5) is 12.7. The van der Waals surface area contributed by atoms with Crippen LogP contribution in [0.2, 0.25) is 5.02 Å². The number of carbonyl (C=O) groups is 1. The minimum absolute atomic E-state index is 0.0601. The molecule has 21 heavy (non-hydrogen) atoms. The molecule has 0 radical (unpaired) electrons. The largest absolute Gasteiger partial charge is 0.278 e. The number of aromatic nitrogens is 2. The Labute approximate surface area is 128 Å². The number of benzene rings is 1. The summed E-state index contributed by atoms with van der Waals surface area (Å²) in [5.74, 6) is 1.20. The Balaban J connectivity index is 1.75. The topological polar surface area (TPSA) is 34.9 Å². The van der Waals surface area contributed by atoms with Crippen LogP contribution in [0.3, 0.4) is 0 Å². The number of rotatable bonds is 1. The van der Waals surface area contributed by atoms with E-state index in [-0.39, 0.29) is 5.91 Å². The van der Waals surface area contributed by atoms with Crippen LogP contribution in [-0.2, 0) is 6.42 Å². The highest BCUT2D eigenvalue weighted by atomic mass is 35.5. The summed E-state index contributed by atoms with van der Waals surface area (Å²) in [6.45, 7) is 6.63. The minimum atomic E-state index is -0.0601. The van der Waals surface area contributed by atoms with Crippen molar-refractivity contribution in [3.63, 3.8) is 0 Å². The van der Waals surface area contributed by atoms with E-state index in [4.69, 9.17) is 11.6 Å². The van der Waals surface area contributed by atoms with Crippen LogP contribution in [0.5, 0.6) is 0 Å². The predicted octanol–water partition coefficient (Wildman–Crippen LogP) is 3.83. The maximum absolute atomic E-state index is 12.7. The van der Waals surface area contributed by atoms with Gasteiger partial charge in [0.1, 0.15) is 0 Å². The van der Waals surface area contributed by atoms with Gasteiger partial charge in [0, 0.05) is 16.1 Å². The molecule has 4 rings (SSSR count). The van der Waals surface area contributed by atoms with Crippen LogP contribution in [-0.4, -0.2) is 15.7 Å². The molecule has 1 aromatic carbocycles. The van der Waals surface area contributed by atoms with E-state index in [2.05, 4.69) is 18.9 Å². The van der Waals surface area contributed by atoms with Crippen molar-refractivity contribution < 1.29 is 4.79 Å². The standard InChI is InChI=1S/C17H17ClN2O/c1-9-14-13(8-12-15(14)17(12,2)3)20(19-9)16(21)10-4-6-11(18)7-5-10/h4-7,12,15H,8H2,1-3H3/t12-,15+/m0/s1. The average Bonchev–Trinajstić information content (AvgIpc) is 2.82. The van der Waals surface area contributed by atoms with Crippen molar-refractivity contribution in [2.45, 2.75) is 33.1 Å². The van der Waals surface area contributed by atoms with Gasteiger partial charge >= 0.3 is 0 Å². The first-order valence-corrected chi connectivity index (χ1v) is 7.67. The summed E-state index contributed by atoms with van der Waals surface area (Å²) in [5, 5.41) is 5.14. The lowest BCUT2D eigenvalue weighted by Crippen LogP contribution is -2.17. The van der Waals surface area contributed by atoms with Crippen molar-refractivity contribution >= 4 is 17.5 Å². The number of fused-ring (bicyclic) bond motifs is 3. The van der Waals surface area contributed by atoms with Crippen LogP contribution in [0.4, 0.5) is 0 Å². The summed E-state index contributed by atoms with van der Waals surface area (Å²) in [7, 11) is 0. The summed E-state index contributed by atoms with van der Waals surface area (Å²) in [5.41, 5.74) is 4.43. The van der Waals surface area contributed by atoms with E-state index < -0.39 is 0 Å². The average molecular weight is 301 g/mol. The number of hydrogen-bond acceptors (Lipinski definition) is 2. The van der Waals surface area contributed by atoms with E-state index in [0.717, 1.165) is 17.8 Å². The van der Waals surface area contributed by atoms with Gasteiger partial charge in [0.25, 0.3) is 5.91 Å². The molecule has 2 atom stereocenters. The third-order valence-electron chi connectivity index (χ3n) is 5.26. The van der Waals surface area contributed by atoms with Crippen LogP contribution in [0.15, 0.2) is 24.3 Å². The van der Waals surface area contributed by atoms with Crippen molar-refractivity contribution in [2.75, 3.05) is 0 Å². The Kier molecular flexibility index (Phi) is 2.48. The van der Waals surface area contributed by atoms with E-state index in [1.54, 1.807) is 28.9 Å². The molecular formula is C17H17ClN2O. The summed E-state index contributed by atoms with van der Waals surface area (Å²) >= 11 is 5.88. The van der Waals surface area contributed by atoms with Crippen LogP contribution in [0.1, 0.15) is 47.1 Å². The summed E-state index contributed by atoms with van der Waals surface area (Å²) in [6, 6.07) is 7.00. The molecule has 1 fully saturated rings. The summed E-state index contributed by atoms with van der Waals surface area (Å²) in [6.07, 6.45) is 0.965. The molecule has 0 aliphatic heterocycles. The lowest BCUT2D eigenvalue weighted by Gasteiger charge is -2.10. The van der Waals surface area contributed by atoms with Gasteiger partial charge in [-0.05, 0) is 54.9 Å². The molecule has 1 heterocycles. The molecule has 4 heteroatoms. The van der Waals surface area contributed by atoms with Crippen molar-refractivity contribution in [2.24, 2.45) is 11.3 Å². The molecule has 2 aliphatic carbocycles. The molecule has 0 saturated heterocycles. The zero-order valence-corrected chi connectivity index (χ0v) is 13.1. The van der Waals surface area contributed by atoms with Gasteiger partial charge in [0.15, 0.2) is 0 Å². The SMILES string of the molecule is Cc1nn(C(=O)c2ccc(Cl)cc2)c2c1[C@H]1[C@H](C2)C1(C)C. The Morgan fingerprint density at radius 3 is 2.67 bits per heavy atom. The molecule has 108 valence electrons. The molecule has 0 spiro atoms. The van der Waals surface area contributed by atoms with E-state index in [1.165, 1.54) is 5.56 Å². The molecule has 0 unspecified atom stereocenters. The summed E-state index contributed by atoms with van der Waals surface area (Å²) < 4.78 is 1.61. The second kappa shape index (κ2) is 3.98. The smallest absolute Gasteiger partial charge is 0.267 e. The second-order valence-corrected chi connectivity index (χ2v) is 7.22. The van der Waals surface area contributed by atoms with E-state index in [9.17, 15) is 4.79 Å². The van der Waals surface area contributed by atoms with Crippen LogP contribution in [0.25, 0.3) is 0 Å². The quantitative estimate of drug-likeness (QED) is 0.802. The molecule has 0 N–H and O–H groups in total. The fourth-order valence-electron chi connectivity index (χ4n) is 3.98. The van der Waals surface area contributed by atoms with Gasteiger partial charge in [-0.3, -0.25) is 4.79 Å². The number of carbonyl (C=O) groups excluding carboxylic acids is 1. The van der Waals surface area contributed by atoms with Gasteiger partial charge < -0.3 is 0 Å². The molecular weight excluding hydrogens is 284 g/mol. The van der Waals surface area contributed by atoms with Crippen molar-refractivity contribution in [3.05, 3.63) is 51.8 Å². The minimum Gasteiger partial charge on any atom is -0.267 e. The predicted molar refractivity (Wildman–Crippen MR) is 81.9 cm³/mol. The molecule has 0 amide bonds.